The second-order valence-corrected chi connectivity index (χ2v) is 4.34. The summed E-state index contributed by atoms with van der Waals surface area (Å²) < 4.78 is 0. The van der Waals surface area contributed by atoms with Crippen LogP contribution in [0.2, 0.25) is 0 Å². The van der Waals surface area contributed by atoms with E-state index in [0.717, 1.165) is 19.5 Å². The predicted molar refractivity (Wildman–Crippen MR) is 57.1 cm³/mol. The van der Waals surface area contributed by atoms with Crippen LogP contribution in [0.4, 0.5) is 0 Å². The fourth-order valence-corrected chi connectivity index (χ4v) is 1.97. The molecule has 1 heterocycles. The number of rotatable bonds is 5. The Bertz CT molecular complexity index is 245. The molecular formula is C10H17NOS. The highest BCUT2D eigenvalue weighted by molar-refractivity contribution is 7.10. The van der Waals surface area contributed by atoms with Crippen LogP contribution in [-0.4, -0.2) is 17.8 Å². The van der Waals surface area contributed by atoms with Crippen LogP contribution >= 0.6 is 11.3 Å². The molecule has 0 spiro atoms. The first kappa shape index (κ1) is 10.7. The van der Waals surface area contributed by atoms with Crippen molar-refractivity contribution in [3.8, 4) is 0 Å². The minimum atomic E-state index is -0.197. The fourth-order valence-electron chi connectivity index (χ4n) is 1.10. The van der Waals surface area contributed by atoms with Crippen molar-refractivity contribution >= 4 is 11.3 Å². The molecule has 0 aromatic carbocycles. The first-order valence-corrected chi connectivity index (χ1v) is 5.50. The van der Waals surface area contributed by atoms with E-state index in [1.807, 2.05) is 6.92 Å². The van der Waals surface area contributed by atoms with Crippen LogP contribution in [-0.2, 0) is 6.54 Å². The second kappa shape index (κ2) is 5.37. The molecule has 1 aromatic rings. The van der Waals surface area contributed by atoms with Gasteiger partial charge in [-0.15, -0.1) is 11.3 Å². The summed E-state index contributed by atoms with van der Waals surface area (Å²) in [6.07, 6.45) is 0.627. The Hall–Kier alpha value is -0.380. The van der Waals surface area contributed by atoms with Crippen molar-refractivity contribution in [1.29, 1.82) is 0 Å². The van der Waals surface area contributed by atoms with Crippen LogP contribution in [0.1, 0.15) is 23.8 Å². The molecule has 0 fully saturated rings. The average Bonchev–Trinajstić information content (AvgIpc) is 2.45. The molecule has 1 rings (SSSR count). The van der Waals surface area contributed by atoms with Gasteiger partial charge in [-0.2, -0.15) is 0 Å². The van der Waals surface area contributed by atoms with Gasteiger partial charge in [0.15, 0.2) is 0 Å². The van der Waals surface area contributed by atoms with E-state index in [4.69, 9.17) is 5.11 Å². The molecule has 0 saturated carbocycles. The normalized spacial score (nSPS) is 13.2. The third-order valence-electron chi connectivity index (χ3n) is 1.99. The summed E-state index contributed by atoms with van der Waals surface area (Å²) in [4.78, 5) is 1.39. The number of aryl methyl sites for hydroxylation is 1. The van der Waals surface area contributed by atoms with E-state index in [0.29, 0.717) is 0 Å². The lowest BCUT2D eigenvalue weighted by Crippen LogP contribution is -2.18. The molecule has 0 aliphatic carbocycles. The van der Waals surface area contributed by atoms with E-state index in [9.17, 15) is 0 Å². The lowest BCUT2D eigenvalue weighted by Gasteiger charge is -2.05. The third kappa shape index (κ3) is 3.89. The molecule has 2 nitrogen and oxygen atoms in total. The maximum absolute atomic E-state index is 9.03. The summed E-state index contributed by atoms with van der Waals surface area (Å²) in [6, 6.07) is 2.14. The van der Waals surface area contributed by atoms with Crippen molar-refractivity contribution < 1.29 is 5.11 Å². The van der Waals surface area contributed by atoms with Crippen molar-refractivity contribution in [2.45, 2.75) is 32.9 Å². The Kier molecular flexibility index (Phi) is 4.42. The van der Waals surface area contributed by atoms with Crippen molar-refractivity contribution in [2.24, 2.45) is 0 Å². The molecule has 2 N–H and O–H groups in total. The van der Waals surface area contributed by atoms with Gasteiger partial charge in [-0.05, 0) is 43.8 Å². The zero-order valence-corrected chi connectivity index (χ0v) is 9.03. The van der Waals surface area contributed by atoms with Gasteiger partial charge >= 0.3 is 0 Å². The monoisotopic (exact) mass is 199 g/mol. The van der Waals surface area contributed by atoms with Gasteiger partial charge in [0.2, 0.25) is 0 Å². The average molecular weight is 199 g/mol. The molecule has 13 heavy (non-hydrogen) atoms. The van der Waals surface area contributed by atoms with Crippen LogP contribution in [0.5, 0.6) is 0 Å². The van der Waals surface area contributed by atoms with Gasteiger partial charge in [-0.1, -0.05) is 0 Å². The number of aliphatic hydroxyl groups excluding tert-OH is 1. The van der Waals surface area contributed by atoms with Crippen LogP contribution in [0, 0.1) is 6.92 Å². The van der Waals surface area contributed by atoms with Crippen molar-refractivity contribution in [2.75, 3.05) is 6.54 Å². The maximum Gasteiger partial charge on any atom is 0.0524 e. The van der Waals surface area contributed by atoms with E-state index < -0.39 is 0 Å². The van der Waals surface area contributed by atoms with Gasteiger partial charge in [0.25, 0.3) is 0 Å². The highest BCUT2D eigenvalue weighted by Crippen LogP contribution is 2.14. The summed E-state index contributed by atoms with van der Waals surface area (Å²) in [5.41, 5.74) is 1.36. The maximum atomic E-state index is 9.03. The van der Waals surface area contributed by atoms with Crippen LogP contribution in [0.3, 0.4) is 0 Å². The quantitative estimate of drug-likeness (QED) is 0.710. The summed E-state index contributed by atoms with van der Waals surface area (Å²) in [5.74, 6) is 0. The zero-order valence-electron chi connectivity index (χ0n) is 8.21. The Morgan fingerprint density at radius 2 is 2.38 bits per heavy atom. The van der Waals surface area contributed by atoms with Gasteiger partial charge in [0.1, 0.15) is 0 Å². The first-order chi connectivity index (χ1) is 6.20. The second-order valence-electron chi connectivity index (χ2n) is 3.34. The van der Waals surface area contributed by atoms with Crippen molar-refractivity contribution in [3.63, 3.8) is 0 Å². The predicted octanol–water partition coefficient (Wildman–Crippen LogP) is 1.92. The van der Waals surface area contributed by atoms with Gasteiger partial charge in [-0.3, -0.25) is 0 Å². The Balaban J connectivity index is 2.17. The Labute approximate surface area is 83.6 Å². The topological polar surface area (TPSA) is 32.3 Å². The van der Waals surface area contributed by atoms with Gasteiger partial charge in [0, 0.05) is 11.4 Å². The summed E-state index contributed by atoms with van der Waals surface area (Å²) in [6.45, 7) is 5.76. The minimum Gasteiger partial charge on any atom is -0.393 e. The largest absolute Gasteiger partial charge is 0.393 e. The molecule has 3 heteroatoms. The number of aliphatic hydroxyl groups is 1. The molecule has 0 radical (unpaired) electrons. The van der Waals surface area contributed by atoms with E-state index in [1.54, 1.807) is 11.3 Å². The van der Waals surface area contributed by atoms with Crippen molar-refractivity contribution in [3.05, 3.63) is 21.9 Å². The van der Waals surface area contributed by atoms with Crippen LogP contribution in [0.25, 0.3) is 0 Å². The first-order valence-electron chi connectivity index (χ1n) is 4.62. The molecule has 74 valence electrons. The Morgan fingerprint density at radius 3 is 2.92 bits per heavy atom. The fraction of sp³-hybridized carbons (Fsp3) is 0.600. The highest BCUT2D eigenvalue weighted by atomic mass is 32.1. The van der Waals surface area contributed by atoms with Gasteiger partial charge < -0.3 is 10.4 Å². The van der Waals surface area contributed by atoms with Gasteiger partial charge in [0.05, 0.1) is 6.10 Å². The molecule has 0 aliphatic heterocycles. The number of hydrogen-bond donors (Lipinski definition) is 2. The lowest BCUT2D eigenvalue weighted by atomic mass is 10.2. The number of hydrogen-bond acceptors (Lipinski definition) is 3. The lowest BCUT2D eigenvalue weighted by molar-refractivity contribution is 0.183. The molecule has 0 aliphatic rings. The Morgan fingerprint density at radius 1 is 1.62 bits per heavy atom. The molecule has 0 bridgehead atoms. The summed E-state index contributed by atoms with van der Waals surface area (Å²) >= 11 is 1.78. The SMILES string of the molecule is Cc1ccsc1CNCCC(C)O. The molecule has 0 amide bonds. The molecular weight excluding hydrogens is 182 g/mol. The zero-order chi connectivity index (χ0) is 9.68. The van der Waals surface area contributed by atoms with E-state index >= 15 is 0 Å². The summed E-state index contributed by atoms with van der Waals surface area (Å²) in [7, 11) is 0. The number of thiophene rings is 1. The highest BCUT2D eigenvalue weighted by Gasteiger charge is 1.99. The standard InChI is InChI=1S/C10H17NOS/c1-8-4-6-13-10(8)7-11-5-3-9(2)12/h4,6,9,11-12H,3,5,7H2,1-2H3. The molecule has 1 aromatic heterocycles. The molecule has 0 saturated heterocycles. The van der Waals surface area contributed by atoms with E-state index in [-0.39, 0.29) is 6.10 Å². The van der Waals surface area contributed by atoms with Crippen LogP contribution in [0.15, 0.2) is 11.4 Å². The van der Waals surface area contributed by atoms with Crippen LogP contribution < -0.4 is 5.32 Å². The summed E-state index contributed by atoms with van der Waals surface area (Å²) in [5, 5.41) is 14.4. The minimum absolute atomic E-state index is 0.197. The van der Waals surface area contributed by atoms with E-state index in [1.165, 1.54) is 10.4 Å². The number of nitrogens with one attached hydrogen (secondary N) is 1. The smallest absolute Gasteiger partial charge is 0.0524 e. The third-order valence-corrected chi connectivity index (χ3v) is 3.02. The molecule has 1 unspecified atom stereocenters. The molecule has 1 atom stereocenters. The van der Waals surface area contributed by atoms with Crippen molar-refractivity contribution in [1.82, 2.24) is 5.32 Å². The van der Waals surface area contributed by atoms with Gasteiger partial charge in [-0.25, -0.2) is 0 Å². The van der Waals surface area contributed by atoms with E-state index in [2.05, 4.69) is 23.7 Å².